The van der Waals surface area contributed by atoms with Crippen LogP contribution in [0.5, 0.6) is 17.2 Å². The Bertz CT molecular complexity index is 1650. The topological polar surface area (TPSA) is 104 Å². The van der Waals surface area contributed by atoms with E-state index < -0.39 is 0 Å². The number of benzene rings is 3. The number of anilines is 1. The van der Waals surface area contributed by atoms with Crippen LogP contribution in [0.15, 0.2) is 71.5 Å². The molecule has 3 aromatic carbocycles. The summed E-state index contributed by atoms with van der Waals surface area (Å²) in [4.78, 5) is 19.1. The molecule has 1 aromatic heterocycles. The van der Waals surface area contributed by atoms with Gasteiger partial charge in [0.15, 0.2) is 0 Å². The molecule has 0 N–H and O–H groups in total. The van der Waals surface area contributed by atoms with Gasteiger partial charge < -0.3 is 14.4 Å². The molecule has 0 radical (unpaired) electrons. The van der Waals surface area contributed by atoms with E-state index in [1.54, 1.807) is 48.1 Å². The fraction of sp³-hybridized carbons (Fsp3) is 0.172. The summed E-state index contributed by atoms with van der Waals surface area (Å²) in [5.41, 5.74) is 4.37. The van der Waals surface area contributed by atoms with E-state index in [4.69, 9.17) is 14.7 Å². The van der Waals surface area contributed by atoms with Crippen LogP contribution in [0.3, 0.4) is 0 Å². The van der Waals surface area contributed by atoms with E-state index in [1.807, 2.05) is 42.3 Å². The number of aromatic nitrogens is 2. The van der Waals surface area contributed by atoms with Crippen LogP contribution in [0.1, 0.15) is 22.3 Å². The van der Waals surface area contributed by atoms with Crippen molar-refractivity contribution in [3.8, 4) is 40.6 Å². The lowest BCUT2D eigenvalue weighted by atomic mass is 9.97. The van der Waals surface area contributed by atoms with E-state index in [2.05, 4.69) is 17.1 Å². The second kappa shape index (κ2) is 9.88. The van der Waals surface area contributed by atoms with E-state index in [0.29, 0.717) is 41.5 Å². The average Bonchev–Trinajstić information content (AvgIpc) is 2.93. The van der Waals surface area contributed by atoms with Crippen molar-refractivity contribution < 1.29 is 9.47 Å². The molecular weight excluding hydrogens is 466 g/mol. The molecule has 2 heterocycles. The van der Waals surface area contributed by atoms with Crippen LogP contribution in [0.25, 0.3) is 11.3 Å². The van der Waals surface area contributed by atoms with E-state index in [9.17, 15) is 10.1 Å². The zero-order chi connectivity index (χ0) is 25.9. The van der Waals surface area contributed by atoms with Gasteiger partial charge in [0.2, 0.25) is 0 Å². The molecule has 8 nitrogen and oxygen atoms in total. The Kier molecular flexibility index (Phi) is 6.32. The number of nitriles is 2. The van der Waals surface area contributed by atoms with Gasteiger partial charge in [-0.2, -0.15) is 15.5 Å². The molecule has 0 amide bonds. The minimum Gasteiger partial charge on any atom is -0.497 e. The van der Waals surface area contributed by atoms with Gasteiger partial charge in [-0.25, -0.2) is 4.79 Å². The molecule has 182 valence electrons. The van der Waals surface area contributed by atoms with Crippen LogP contribution in [-0.2, 0) is 19.5 Å². The summed E-state index contributed by atoms with van der Waals surface area (Å²) >= 11 is 0. The maximum absolute atomic E-state index is 12.9. The smallest absolute Gasteiger partial charge is 0.350 e. The fourth-order valence-electron chi connectivity index (χ4n) is 4.48. The van der Waals surface area contributed by atoms with Crippen molar-refractivity contribution >= 4 is 5.82 Å². The second-order valence-electron chi connectivity index (χ2n) is 8.75. The number of rotatable bonds is 6. The van der Waals surface area contributed by atoms with Gasteiger partial charge in [0.25, 0.3) is 0 Å². The number of nitrogens with zero attached hydrogens (tertiary/aromatic N) is 5. The Morgan fingerprint density at radius 3 is 2.68 bits per heavy atom. The summed E-state index contributed by atoms with van der Waals surface area (Å²) in [6, 6.07) is 24.2. The largest absolute Gasteiger partial charge is 0.497 e. The van der Waals surface area contributed by atoms with Crippen molar-refractivity contribution in [3.63, 3.8) is 0 Å². The van der Waals surface area contributed by atoms with Gasteiger partial charge in [-0.3, -0.25) is 4.57 Å². The molecule has 4 aromatic rings. The molecule has 0 atom stereocenters. The molecule has 1 aliphatic rings. The van der Waals surface area contributed by atoms with Crippen LogP contribution < -0.4 is 20.1 Å². The maximum atomic E-state index is 12.9. The van der Waals surface area contributed by atoms with E-state index in [1.165, 1.54) is 0 Å². The lowest BCUT2D eigenvalue weighted by Crippen LogP contribution is -2.31. The number of aryl methyl sites for hydroxylation is 1. The first-order valence-corrected chi connectivity index (χ1v) is 11.7. The van der Waals surface area contributed by atoms with Gasteiger partial charge >= 0.3 is 5.69 Å². The average molecular weight is 490 g/mol. The first-order valence-electron chi connectivity index (χ1n) is 11.7. The summed E-state index contributed by atoms with van der Waals surface area (Å²) in [7, 11) is 3.50. The Morgan fingerprint density at radius 2 is 1.89 bits per heavy atom. The standard InChI is InChI=1S/C29H23N5O3/c1-33(18-20-6-9-27(22(12-20)17-31)37-24-5-3-4-19(13-24)16-30)28-15-26-25-8-7-23(36-2)14-21(25)10-11-34(26)29(35)32-28/h3-9,12-15H,10-11,18H2,1-2H3. The van der Waals surface area contributed by atoms with Gasteiger partial charge in [0, 0.05) is 31.8 Å². The second-order valence-corrected chi connectivity index (χ2v) is 8.75. The molecule has 0 fully saturated rings. The Morgan fingerprint density at radius 1 is 1.03 bits per heavy atom. The van der Waals surface area contributed by atoms with Gasteiger partial charge in [-0.05, 0) is 66.1 Å². The molecule has 0 saturated heterocycles. The van der Waals surface area contributed by atoms with Crippen LogP contribution in [0, 0.1) is 22.7 Å². The van der Waals surface area contributed by atoms with Crippen molar-refractivity contribution in [2.24, 2.45) is 0 Å². The highest BCUT2D eigenvalue weighted by Gasteiger charge is 2.20. The predicted octanol–water partition coefficient (Wildman–Crippen LogP) is 4.65. The quantitative estimate of drug-likeness (QED) is 0.388. The van der Waals surface area contributed by atoms with E-state index >= 15 is 0 Å². The van der Waals surface area contributed by atoms with Crippen molar-refractivity contribution in [2.75, 3.05) is 19.1 Å². The number of hydrogen-bond acceptors (Lipinski definition) is 7. The summed E-state index contributed by atoms with van der Waals surface area (Å²) in [6.45, 7) is 1.000. The minimum absolute atomic E-state index is 0.290. The molecule has 0 unspecified atom stereocenters. The van der Waals surface area contributed by atoms with E-state index in [0.717, 1.165) is 34.6 Å². The van der Waals surface area contributed by atoms with Crippen molar-refractivity contribution in [1.82, 2.24) is 9.55 Å². The molecule has 8 heteroatoms. The molecule has 0 aliphatic carbocycles. The highest BCUT2D eigenvalue weighted by molar-refractivity contribution is 5.69. The predicted molar refractivity (Wildman–Crippen MR) is 139 cm³/mol. The third-order valence-electron chi connectivity index (χ3n) is 6.36. The van der Waals surface area contributed by atoms with Crippen molar-refractivity contribution in [1.29, 1.82) is 10.5 Å². The van der Waals surface area contributed by atoms with Crippen molar-refractivity contribution in [3.05, 3.63) is 99.5 Å². The number of ether oxygens (including phenoxy) is 2. The first-order chi connectivity index (χ1) is 18.0. The summed E-state index contributed by atoms with van der Waals surface area (Å²) < 4.78 is 12.9. The van der Waals surface area contributed by atoms with Crippen LogP contribution >= 0.6 is 0 Å². The van der Waals surface area contributed by atoms with Gasteiger partial charge in [0.1, 0.15) is 29.1 Å². The molecule has 1 aliphatic heterocycles. The third kappa shape index (κ3) is 4.73. The normalized spacial score (nSPS) is 11.5. The Balaban J connectivity index is 1.40. The maximum Gasteiger partial charge on any atom is 0.350 e. The molecule has 0 spiro atoms. The van der Waals surface area contributed by atoms with Crippen LogP contribution in [0.4, 0.5) is 5.82 Å². The molecule has 0 saturated carbocycles. The highest BCUT2D eigenvalue weighted by atomic mass is 16.5. The fourth-order valence-corrected chi connectivity index (χ4v) is 4.48. The number of fused-ring (bicyclic) bond motifs is 3. The number of hydrogen-bond donors (Lipinski definition) is 0. The van der Waals surface area contributed by atoms with Gasteiger partial charge in [-0.1, -0.05) is 12.1 Å². The number of methoxy groups -OCH3 is 1. The van der Waals surface area contributed by atoms with Crippen LogP contribution in [0.2, 0.25) is 0 Å². The summed E-state index contributed by atoms with van der Waals surface area (Å²) in [5.74, 6) is 2.23. The lowest BCUT2D eigenvalue weighted by Gasteiger charge is -2.25. The minimum atomic E-state index is -0.290. The van der Waals surface area contributed by atoms with Crippen LogP contribution in [-0.4, -0.2) is 23.7 Å². The first kappa shape index (κ1) is 23.7. The van der Waals surface area contributed by atoms with Crippen molar-refractivity contribution in [2.45, 2.75) is 19.5 Å². The molecular formula is C29H23N5O3. The molecule has 5 rings (SSSR count). The monoisotopic (exact) mass is 489 g/mol. The summed E-state index contributed by atoms with van der Waals surface area (Å²) in [5, 5.41) is 18.8. The SMILES string of the molecule is COc1ccc2c(c1)CCn1c-2cc(N(C)Cc2ccc(Oc3cccc(C#N)c3)c(C#N)c2)nc1=O. The molecule has 0 bridgehead atoms. The zero-order valence-corrected chi connectivity index (χ0v) is 20.4. The lowest BCUT2D eigenvalue weighted by molar-refractivity contribution is 0.414. The highest BCUT2D eigenvalue weighted by Crippen LogP contribution is 2.33. The van der Waals surface area contributed by atoms with E-state index in [-0.39, 0.29) is 5.69 Å². The Labute approximate surface area is 214 Å². The zero-order valence-electron chi connectivity index (χ0n) is 20.4. The molecule has 37 heavy (non-hydrogen) atoms. The van der Waals surface area contributed by atoms with Gasteiger partial charge in [0.05, 0.1) is 30.0 Å². The Hall–Kier alpha value is -5.08. The summed E-state index contributed by atoms with van der Waals surface area (Å²) in [6.07, 6.45) is 0.739. The third-order valence-corrected chi connectivity index (χ3v) is 6.36. The van der Waals surface area contributed by atoms with Gasteiger partial charge in [-0.15, -0.1) is 0 Å².